The van der Waals surface area contributed by atoms with Gasteiger partial charge in [0.15, 0.2) is 5.16 Å². The number of hydrogen-bond acceptors (Lipinski definition) is 5. The van der Waals surface area contributed by atoms with E-state index in [1.54, 1.807) is 20.8 Å². The summed E-state index contributed by atoms with van der Waals surface area (Å²) in [5.74, 6) is 0.973. The number of nitrogens with zero attached hydrogens (tertiary/aromatic N) is 3. The molecule has 1 aliphatic carbocycles. The van der Waals surface area contributed by atoms with Crippen LogP contribution in [0, 0.1) is 5.92 Å². The summed E-state index contributed by atoms with van der Waals surface area (Å²) >= 11 is 3.01. The second kappa shape index (κ2) is 9.57. The van der Waals surface area contributed by atoms with Gasteiger partial charge in [0.1, 0.15) is 4.83 Å². The number of thioether (sulfide) groups is 1. The first-order chi connectivity index (χ1) is 15.0. The van der Waals surface area contributed by atoms with Crippen molar-refractivity contribution in [1.29, 1.82) is 0 Å². The number of hydrogen-bond donors (Lipinski definition) is 0. The van der Waals surface area contributed by atoms with Crippen LogP contribution in [-0.4, -0.2) is 39.7 Å². The Morgan fingerprint density at radius 1 is 1.32 bits per heavy atom. The number of carbonyl (C=O) groups excluding carboxylic acids is 1. The third-order valence-corrected chi connectivity index (χ3v) is 7.98. The van der Waals surface area contributed by atoms with Gasteiger partial charge in [-0.25, -0.2) is 4.98 Å². The maximum absolute atomic E-state index is 13.7. The highest BCUT2D eigenvalue weighted by Crippen LogP contribution is 2.37. The number of para-hydroxylation sites is 1. The highest BCUT2D eigenvalue weighted by atomic mass is 32.2. The molecule has 0 radical (unpaired) electrons. The molecule has 7 heteroatoms. The fourth-order valence-corrected chi connectivity index (χ4v) is 6.41. The average molecular weight is 456 g/mol. The number of thiophene rings is 1. The van der Waals surface area contributed by atoms with Gasteiger partial charge in [-0.2, -0.15) is 0 Å². The Morgan fingerprint density at radius 3 is 2.84 bits per heavy atom. The number of aromatic nitrogens is 2. The van der Waals surface area contributed by atoms with Crippen molar-refractivity contribution >= 4 is 39.2 Å². The van der Waals surface area contributed by atoms with Gasteiger partial charge in [0, 0.05) is 18.5 Å². The molecule has 1 aliphatic rings. The molecule has 31 heavy (non-hydrogen) atoms. The molecule has 1 unspecified atom stereocenters. The van der Waals surface area contributed by atoms with E-state index in [2.05, 4.69) is 13.8 Å². The lowest BCUT2D eigenvalue weighted by molar-refractivity contribution is -0.127. The molecule has 164 valence electrons. The van der Waals surface area contributed by atoms with E-state index in [9.17, 15) is 9.59 Å². The minimum atomic E-state index is -0.0162. The van der Waals surface area contributed by atoms with E-state index in [0.29, 0.717) is 11.1 Å². The maximum Gasteiger partial charge on any atom is 0.267 e. The van der Waals surface area contributed by atoms with Crippen LogP contribution in [0.4, 0.5) is 0 Å². The first kappa shape index (κ1) is 22.1. The van der Waals surface area contributed by atoms with Crippen LogP contribution >= 0.6 is 23.1 Å². The van der Waals surface area contributed by atoms with Crippen molar-refractivity contribution in [3.63, 3.8) is 0 Å². The van der Waals surface area contributed by atoms with Crippen molar-refractivity contribution in [2.24, 2.45) is 5.92 Å². The van der Waals surface area contributed by atoms with Crippen LogP contribution in [0.2, 0.25) is 0 Å². The molecular weight excluding hydrogens is 426 g/mol. The lowest BCUT2D eigenvalue weighted by atomic mass is 9.89. The Hall–Kier alpha value is -2.12. The second-order valence-electron chi connectivity index (χ2n) is 8.36. The molecule has 3 aromatic rings. The van der Waals surface area contributed by atoms with Crippen LogP contribution in [0.25, 0.3) is 15.9 Å². The zero-order valence-corrected chi connectivity index (χ0v) is 20.0. The van der Waals surface area contributed by atoms with Crippen molar-refractivity contribution in [3.8, 4) is 5.69 Å². The number of unbranched alkanes of at least 4 members (excludes halogenated alkanes) is 1. The first-order valence-corrected chi connectivity index (χ1v) is 12.8. The summed E-state index contributed by atoms with van der Waals surface area (Å²) in [6, 6.07) is 9.64. The zero-order valence-electron chi connectivity index (χ0n) is 18.4. The van der Waals surface area contributed by atoms with Crippen LogP contribution < -0.4 is 5.56 Å². The van der Waals surface area contributed by atoms with E-state index in [0.717, 1.165) is 54.6 Å². The summed E-state index contributed by atoms with van der Waals surface area (Å²) in [4.78, 5) is 35.1. The van der Waals surface area contributed by atoms with Crippen molar-refractivity contribution < 1.29 is 4.79 Å². The van der Waals surface area contributed by atoms with Crippen LogP contribution in [0.3, 0.4) is 0 Å². The van der Waals surface area contributed by atoms with E-state index in [1.165, 1.54) is 22.2 Å². The molecule has 1 amide bonds. The van der Waals surface area contributed by atoms with Gasteiger partial charge < -0.3 is 4.90 Å². The molecule has 5 nitrogen and oxygen atoms in total. The number of carbonyl (C=O) groups is 1. The van der Waals surface area contributed by atoms with Gasteiger partial charge in [-0.1, -0.05) is 50.2 Å². The topological polar surface area (TPSA) is 55.2 Å². The zero-order chi connectivity index (χ0) is 22.0. The summed E-state index contributed by atoms with van der Waals surface area (Å²) < 4.78 is 1.69. The molecule has 0 fully saturated rings. The first-order valence-electron chi connectivity index (χ1n) is 11.0. The fraction of sp³-hybridized carbons (Fsp3) is 0.458. The Kier molecular flexibility index (Phi) is 6.82. The highest BCUT2D eigenvalue weighted by Gasteiger charge is 2.25. The molecule has 4 rings (SSSR count). The summed E-state index contributed by atoms with van der Waals surface area (Å²) in [5, 5.41) is 1.36. The van der Waals surface area contributed by atoms with Gasteiger partial charge in [0.05, 0.1) is 16.8 Å². The highest BCUT2D eigenvalue weighted by molar-refractivity contribution is 7.99. The van der Waals surface area contributed by atoms with Gasteiger partial charge in [0.2, 0.25) is 5.91 Å². The number of aryl methyl sites for hydroxylation is 1. The van der Waals surface area contributed by atoms with Crippen molar-refractivity contribution in [1.82, 2.24) is 14.5 Å². The SMILES string of the molecule is CCCCN(C)C(=O)CSc1nc2sc3c(c2c(=O)n1-c1ccccc1)CCC(C)C3. The number of benzene rings is 1. The Morgan fingerprint density at radius 2 is 2.10 bits per heavy atom. The Bertz CT molecular complexity index is 1140. The minimum Gasteiger partial charge on any atom is -0.345 e. The van der Waals surface area contributed by atoms with Gasteiger partial charge >= 0.3 is 0 Å². The predicted molar refractivity (Wildman–Crippen MR) is 130 cm³/mol. The van der Waals surface area contributed by atoms with Gasteiger partial charge in [-0.05, 0) is 49.3 Å². The minimum absolute atomic E-state index is 0.0162. The average Bonchev–Trinajstić information content (AvgIpc) is 3.13. The van der Waals surface area contributed by atoms with Gasteiger partial charge in [-0.3, -0.25) is 14.2 Å². The molecule has 1 atom stereocenters. The maximum atomic E-state index is 13.7. The molecule has 1 aromatic carbocycles. The molecule has 0 N–H and O–H groups in total. The lowest BCUT2D eigenvalue weighted by Gasteiger charge is -2.18. The molecule has 0 saturated heterocycles. The Labute approximate surface area is 191 Å². The molecule has 0 spiro atoms. The van der Waals surface area contributed by atoms with Crippen LogP contribution in [0.1, 0.15) is 43.6 Å². The van der Waals surface area contributed by atoms with Gasteiger partial charge in [0.25, 0.3) is 5.56 Å². The number of rotatable bonds is 7. The van der Waals surface area contributed by atoms with Crippen LogP contribution in [0.15, 0.2) is 40.3 Å². The molecule has 0 bridgehead atoms. The van der Waals surface area contributed by atoms with E-state index < -0.39 is 0 Å². The van der Waals surface area contributed by atoms with Crippen molar-refractivity contribution in [3.05, 3.63) is 51.1 Å². The van der Waals surface area contributed by atoms with Gasteiger partial charge in [-0.15, -0.1) is 11.3 Å². The summed E-state index contributed by atoms with van der Waals surface area (Å²) in [6.45, 7) is 5.14. The summed E-state index contributed by atoms with van der Waals surface area (Å²) in [7, 11) is 1.84. The predicted octanol–water partition coefficient (Wildman–Crippen LogP) is 4.92. The molecule has 2 heterocycles. The van der Waals surface area contributed by atoms with Crippen LogP contribution in [0.5, 0.6) is 0 Å². The largest absolute Gasteiger partial charge is 0.345 e. The van der Waals surface area contributed by atoms with Crippen molar-refractivity contribution in [2.45, 2.75) is 51.1 Å². The third kappa shape index (κ3) is 4.58. The van der Waals surface area contributed by atoms with Crippen LogP contribution in [-0.2, 0) is 17.6 Å². The quantitative estimate of drug-likeness (QED) is 0.375. The van der Waals surface area contributed by atoms with E-state index >= 15 is 0 Å². The Balaban J connectivity index is 1.75. The number of fused-ring (bicyclic) bond motifs is 3. The second-order valence-corrected chi connectivity index (χ2v) is 10.4. The molecule has 0 saturated carbocycles. The summed E-state index contributed by atoms with van der Waals surface area (Å²) in [6.07, 6.45) is 5.11. The normalized spacial score (nSPS) is 15.8. The van der Waals surface area contributed by atoms with E-state index in [4.69, 9.17) is 4.98 Å². The number of amides is 1. The van der Waals surface area contributed by atoms with E-state index in [1.807, 2.05) is 37.4 Å². The monoisotopic (exact) mass is 455 g/mol. The van der Waals surface area contributed by atoms with E-state index in [-0.39, 0.29) is 17.2 Å². The molecule has 2 aromatic heterocycles. The fourth-order valence-electron chi connectivity index (χ4n) is 4.03. The summed E-state index contributed by atoms with van der Waals surface area (Å²) in [5.41, 5.74) is 1.96. The van der Waals surface area contributed by atoms with Crippen molar-refractivity contribution in [2.75, 3.05) is 19.3 Å². The smallest absolute Gasteiger partial charge is 0.267 e. The molecule has 0 aliphatic heterocycles. The lowest BCUT2D eigenvalue weighted by Crippen LogP contribution is -2.29. The standard InChI is InChI=1S/C24H29N3O2S2/c1-4-5-13-26(3)20(28)15-30-24-25-22-21(18-12-11-16(2)14-19(18)31-22)23(29)27(24)17-9-7-6-8-10-17/h6-10,16H,4-5,11-15H2,1-3H3. The third-order valence-electron chi connectivity index (χ3n) is 5.91. The molecular formula is C24H29N3O2S2.